The second-order valence-corrected chi connectivity index (χ2v) is 7.29. The normalized spacial score (nSPS) is 21.8. The summed E-state index contributed by atoms with van der Waals surface area (Å²) in [5.41, 5.74) is 0. The van der Waals surface area contributed by atoms with Gasteiger partial charge in [-0.1, -0.05) is 12.8 Å². The highest BCUT2D eigenvalue weighted by molar-refractivity contribution is 5.85. The predicted molar refractivity (Wildman–Crippen MR) is 95.1 cm³/mol. The molecule has 6 nitrogen and oxygen atoms in total. The first-order valence-corrected chi connectivity index (χ1v) is 9.25. The van der Waals surface area contributed by atoms with E-state index in [-0.39, 0.29) is 12.5 Å². The van der Waals surface area contributed by atoms with Crippen LogP contribution >= 0.6 is 0 Å². The number of hydrogen-bond donors (Lipinski definition) is 1. The molecule has 0 radical (unpaired) electrons. The van der Waals surface area contributed by atoms with Crippen molar-refractivity contribution in [1.29, 1.82) is 0 Å². The van der Waals surface area contributed by atoms with Crippen molar-refractivity contribution in [2.75, 3.05) is 46.8 Å². The number of nitrogens with zero attached hydrogens (tertiary/aromatic N) is 4. The summed E-state index contributed by atoms with van der Waals surface area (Å²) < 4.78 is 38.7. The highest BCUT2D eigenvalue weighted by Gasteiger charge is 2.41. The van der Waals surface area contributed by atoms with Crippen LogP contribution in [0.25, 0.3) is 0 Å². The minimum Gasteiger partial charge on any atom is -0.353 e. The first kappa shape index (κ1) is 20.8. The maximum absolute atomic E-state index is 12.9. The molecule has 0 aromatic carbocycles. The first-order chi connectivity index (χ1) is 12.2. The molecule has 2 fully saturated rings. The minimum absolute atomic E-state index is 0.0429. The second-order valence-electron chi connectivity index (χ2n) is 7.29. The molecule has 9 heteroatoms. The number of carbonyl (C=O) groups excluding carboxylic acids is 1. The second kappa shape index (κ2) is 8.92. The van der Waals surface area contributed by atoms with E-state index in [2.05, 4.69) is 10.3 Å². The van der Waals surface area contributed by atoms with Crippen LogP contribution < -0.4 is 5.32 Å². The number of piperazine rings is 1. The van der Waals surface area contributed by atoms with Crippen LogP contribution in [0.4, 0.5) is 13.2 Å². The van der Waals surface area contributed by atoms with E-state index >= 15 is 0 Å². The molecule has 1 unspecified atom stereocenters. The van der Waals surface area contributed by atoms with Crippen LogP contribution in [0.3, 0.4) is 0 Å². The van der Waals surface area contributed by atoms with E-state index in [0.717, 1.165) is 12.8 Å². The lowest BCUT2D eigenvalue weighted by atomic mass is 10.2. The van der Waals surface area contributed by atoms with Crippen LogP contribution in [0.1, 0.15) is 32.6 Å². The summed E-state index contributed by atoms with van der Waals surface area (Å²) in [6, 6.07) is -1.11. The van der Waals surface area contributed by atoms with Gasteiger partial charge < -0.3 is 15.1 Å². The molecule has 0 aromatic heterocycles. The van der Waals surface area contributed by atoms with E-state index in [4.69, 9.17) is 0 Å². The summed E-state index contributed by atoms with van der Waals surface area (Å²) >= 11 is 0. The third-order valence-corrected chi connectivity index (χ3v) is 5.19. The maximum Gasteiger partial charge on any atom is 0.403 e. The molecule has 2 rings (SSSR count). The summed E-state index contributed by atoms with van der Waals surface area (Å²) in [5.74, 6) is 0.548. The maximum atomic E-state index is 12.9. The molecular formula is C17H30F3N5O. The number of rotatable bonds is 4. The van der Waals surface area contributed by atoms with Crippen molar-refractivity contribution in [1.82, 2.24) is 20.0 Å². The van der Waals surface area contributed by atoms with Gasteiger partial charge in [-0.3, -0.25) is 9.69 Å². The average molecular weight is 377 g/mol. The van der Waals surface area contributed by atoms with Gasteiger partial charge in [-0.2, -0.15) is 13.2 Å². The molecule has 1 atom stereocenters. The first-order valence-electron chi connectivity index (χ1n) is 9.25. The summed E-state index contributed by atoms with van der Waals surface area (Å²) in [4.78, 5) is 21.2. The van der Waals surface area contributed by atoms with Gasteiger partial charge in [0.15, 0.2) is 5.96 Å². The molecule has 150 valence electrons. The fourth-order valence-electron chi connectivity index (χ4n) is 3.30. The molecule has 1 aliphatic heterocycles. The number of hydrogen-bond acceptors (Lipinski definition) is 3. The zero-order valence-electron chi connectivity index (χ0n) is 15.8. The predicted octanol–water partition coefficient (Wildman–Crippen LogP) is 1.53. The number of likely N-dealkylation sites (N-methyl/N-ethyl adjacent to an activating group) is 1. The SMILES string of the molecule is CC(N1CCN(C(=NCC(=O)N(C)C)NC2CCCC2)CC1)C(F)(F)F. The molecule has 1 saturated heterocycles. The van der Waals surface area contributed by atoms with E-state index in [0.29, 0.717) is 38.2 Å². The van der Waals surface area contributed by atoms with Gasteiger partial charge in [0.2, 0.25) is 5.91 Å². The fraction of sp³-hybridized carbons (Fsp3) is 0.882. The molecule has 0 aromatic rings. The van der Waals surface area contributed by atoms with E-state index in [1.807, 2.05) is 4.90 Å². The number of alkyl halides is 3. The number of nitrogens with one attached hydrogen (secondary N) is 1. The lowest BCUT2D eigenvalue weighted by Crippen LogP contribution is -2.57. The highest BCUT2D eigenvalue weighted by atomic mass is 19.4. The number of guanidine groups is 1. The van der Waals surface area contributed by atoms with Crippen molar-refractivity contribution >= 4 is 11.9 Å². The molecule has 1 saturated carbocycles. The van der Waals surface area contributed by atoms with Crippen LogP contribution in [0.15, 0.2) is 4.99 Å². The standard InChI is InChI=1S/C17H30F3N5O/c1-13(17(18,19)20)24-8-10-25(11-9-24)16(21-12-15(26)23(2)3)22-14-6-4-5-7-14/h13-14H,4-12H2,1-3H3,(H,21,22). The Kier molecular flexibility index (Phi) is 7.14. The topological polar surface area (TPSA) is 51.2 Å². The molecular weight excluding hydrogens is 347 g/mol. The zero-order valence-corrected chi connectivity index (χ0v) is 15.8. The van der Waals surface area contributed by atoms with Crippen molar-refractivity contribution in [3.05, 3.63) is 0 Å². The summed E-state index contributed by atoms with van der Waals surface area (Å²) in [6.45, 7) is 2.84. The molecule has 0 bridgehead atoms. The van der Waals surface area contributed by atoms with Crippen LogP contribution in [-0.4, -0.2) is 91.6 Å². The van der Waals surface area contributed by atoms with Gasteiger partial charge in [-0.15, -0.1) is 0 Å². The Balaban J connectivity index is 1.99. The molecule has 1 amide bonds. The van der Waals surface area contributed by atoms with Gasteiger partial charge in [0.05, 0.1) is 0 Å². The Morgan fingerprint density at radius 3 is 2.27 bits per heavy atom. The quantitative estimate of drug-likeness (QED) is 0.596. The van der Waals surface area contributed by atoms with E-state index in [9.17, 15) is 18.0 Å². The summed E-state index contributed by atoms with van der Waals surface area (Å²) in [7, 11) is 3.36. The molecule has 0 spiro atoms. The Morgan fingerprint density at radius 1 is 1.19 bits per heavy atom. The Hall–Kier alpha value is -1.51. The number of halogens is 3. The fourth-order valence-corrected chi connectivity index (χ4v) is 3.30. The third-order valence-electron chi connectivity index (χ3n) is 5.19. The van der Waals surface area contributed by atoms with Gasteiger partial charge in [0.1, 0.15) is 12.6 Å². The van der Waals surface area contributed by atoms with Crippen LogP contribution in [-0.2, 0) is 4.79 Å². The minimum atomic E-state index is -4.21. The molecule has 1 N–H and O–H groups in total. The highest BCUT2D eigenvalue weighted by Crippen LogP contribution is 2.25. The lowest BCUT2D eigenvalue weighted by Gasteiger charge is -2.40. The van der Waals surface area contributed by atoms with Crippen LogP contribution in [0, 0.1) is 0 Å². The summed E-state index contributed by atoms with van der Waals surface area (Å²) in [6.07, 6.45) is 0.244. The van der Waals surface area contributed by atoms with Gasteiger partial charge in [-0.05, 0) is 19.8 Å². The molecule has 1 aliphatic carbocycles. The smallest absolute Gasteiger partial charge is 0.353 e. The zero-order chi connectivity index (χ0) is 19.3. The van der Waals surface area contributed by atoms with E-state index in [1.165, 1.54) is 29.6 Å². The summed E-state index contributed by atoms with van der Waals surface area (Å²) in [5, 5.41) is 3.42. The van der Waals surface area contributed by atoms with Crippen molar-refractivity contribution < 1.29 is 18.0 Å². The van der Waals surface area contributed by atoms with Crippen molar-refractivity contribution in [3.63, 3.8) is 0 Å². The van der Waals surface area contributed by atoms with Crippen molar-refractivity contribution in [2.45, 2.75) is 50.9 Å². The number of aliphatic imine (C=N–C) groups is 1. The van der Waals surface area contributed by atoms with Crippen LogP contribution in [0.2, 0.25) is 0 Å². The average Bonchev–Trinajstić information content (AvgIpc) is 3.10. The number of amides is 1. The van der Waals surface area contributed by atoms with Gasteiger partial charge >= 0.3 is 6.18 Å². The van der Waals surface area contributed by atoms with Crippen LogP contribution in [0.5, 0.6) is 0 Å². The van der Waals surface area contributed by atoms with Crippen molar-refractivity contribution in [3.8, 4) is 0 Å². The molecule has 2 aliphatic rings. The monoisotopic (exact) mass is 377 g/mol. The lowest BCUT2D eigenvalue weighted by molar-refractivity contribution is -0.181. The van der Waals surface area contributed by atoms with Gasteiger partial charge in [0, 0.05) is 46.3 Å². The Labute approximate surface area is 153 Å². The molecule has 26 heavy (non-hydrogen) atoms. The Morgan fingerprint density at radius 2 is 1.77 bits per heavy atom. The van der Waals surface area contributed by atoms with Gasteiger partial charge in [-0.25, -0.2) is 4.99 Å². The Bertz CT molecular complexity index is 495. The number of carbonyl (C=O) groups is 1. The van der Waals surface area contributed by atoms with Crippen molar-refractivity contribution in [2.24, 2.45) is 4.99 Å². The van der Waals surface area contributed by atoms with E-state index in [1.54, 1.807) is 14.1 Å². The largest absolute Gasteiger partial charge is 0.403 e. The van der Waals surface area contributed by atoms with Gasteiger partial charge in [0.25, 0.3) is 0 Å². The van der Waals surface area contributed by atoms with E-state index < -0.39 is 12.2 Å². The molecule has 1 heterocycles. The third kappa shape index (κ3) is 5.75.